The zero-order chi connectivity index (χ0) is 10.3. The van der Waals surface area contributed by atoms with Gasteiger partial charge in [0, 0.05) is 26.1 Å². The molecule has 1 atom stereocenters. The summed E-state index contributed by atoms with van der Waals surface area (Å²) in [5.41, 5.74) is 5.71. The van der Waals surface area contributed by atoms with E-state index >= 15 is 0 Å². The first-order valence-corrected chi connectivity index (χ1v) is 4.72. The Morgan fingerprint density at radius 1 is 1.62 bits per heavy atom. The van der Waals surface area contributed by atoms with E-state index in [2.05, 4.69) is 0 Å². The maximum atomic E-state index is 11.4. The Morgan fingerprint density at radius 3 is 2.69 bits per heavy atom. The van der Waals surface area contributed by atoms with Crippen LogP contribution in [-0.4, -0.2) is 42.2 Å². The zero-order valence-electron chi connectivity index (χ0n) is 8.49. The highest BCUT2D eigenvalue weighted by molar-refractivity contribution is 5.76. The molecule has 13 heavy (non-hydrogen) atoms. The average Bonchev–Trinajstić information content (AvgIpc) is 2.05. The molecule has 0 aliphatic rings. The molecule has 4 heteroatoms. The Hall–Kier alpha value is -0.610. The van der Waals surface area contributed by atoms with Crippen molar-refractivity contribution in [3.05, 3.63) is 0 Å². The molecule has 0 radical (unpaired) electrons. The fraction of sp³-hybridized carbons (Fsp3) is 0.889. The van der Waals surface area contributed by atoms with Crippen molar-refractivity contribution in [2.75, 3.05) is 20.2 Å². The predicted molar refractivity (Wildman–Crippen MR) is 52.2 cm³/mol. The molecule has 0 spiro atoms. The first-order chi connectivity index (χ1) is 6.11. The number of aliphatic hydroxyl groups excluding tert-OH is 1. The Labute approximate surface area is 79.7 Å². The van der Waals surface area contributed by atoms with Gasteiger partial charge in [0.2, 0.25) is 5.91 Å². The Bertz CT molecular complexity index is 151. The van der Waals surface area contributed by atoms with Crippen LogP contribution >= 0.6 is 0 Å². The molecule has 0 aliphatic carbocycles. The smallest absolute Gasteiger partial charge is 0.223 e. The van der Waals surface area contributed by atoms with Crippen LogP contribution in [0, 0.1) is 0 Å². The first-order valence-electron chi connectivity index (χ1n) is 4.72. The van der Waals surface area contributed by atoms with Gasteiger partial charge in [-0.1, -0.05) is 13.3 Å². The van der Waals surface area contributed by atoms with Gasteiger partial charge in [-0.3, -0.25) is 4.79 Å². The summed E-state index contributed by atoms with van der Waals surface area (Å²) in [6, 6.07) is -0.0429. The van der Waals surface area contributed by atoms with E-state index in [-0.39, 0.29) is 18.6 Å². The quantitative estimate of drug-likeness (QED) is 0.614. The van der Waals surface area contributed by atoms with Gasteiger partial charge in [0.1, 0.15) is 0 Å². The number of carbonyl (C=O) groups is 1. The first kappa shape index (κ1) is 12.4. The summed E-state index contributed by atoms with van der Waals surface area (Å²) < 4.78 is 0. The van der Waals surface area contributed by atoms with Gasteiger partial charge in [-0.15, -0.1) is 0 Å². The lowest BCUT2D eigenvalue weighted by atomic mass is 10.1. The van der Waals surface area contributed by atoms with E-state index in [1.54, 1.807) is 7.05 Å². The van der Waals surface area contributed by atoms with Crippen molar-refractivity contribution in [3.63, 3.8) is 0 Å². The number of carbonyl (C=O) groups excluding carboxylic acids is 1. The van der Waals surface area contributed by atoms with Gasteiger partial charge >= 0.3 is 0 Å². The third kappa shape index (κ3) is 5.60. The fourth-order valence-corrected chi connectivity index (χ4v) is 1.13. The van der Waals surface area contributed by atoms with E-state index in [9.17, 15) is 4.79 Å². The molecule has 0 heterocycles. The SMILES string of the molecule is CCCC(N)CC(=O)N(C)CCO. The molecule has 0 bridgehead atoms. The summed E-state index contributed by atoms with van der Waals surface area (Å²) in [4.78, 5) is 12.9. The normalized spacial score (nSPS) is 12.6. The van der Waals surface area contributed by atoms with E-state index in [4.69, 9.17) is 10.8 Å². The molecule has 0 aromatic heterocycles. The van der Waals surface area contributed by atoms with E-state index < -0.39 is 0 Å². The fourth-order valence-electron chi connectivity index (χ4n) is 1.13. The van der Waals surface area contributed by atoms with Crippen molar-refractivity contribution < 1.29 is 9.90 Å². The minimum atomic E-state index is -0.0429. The van der Waals surface area contributed by atoms with Crippen LogP contribution < -0.4 is 5.73 Å². The van der Waals surface area contributed by atoms with Crippen LogP contribution in [0.25, 0.3) is 0 Å². The molecular formula is C9H20N2O2. The molecule has 1 unspecified atom stereocenters. The van der Waals surface area contributed by atoms with Crippen LogP contribution in [0.15, 0.2) is 0 Å². The number of hydrogen-bond donors (Lipinski definition) is 2. The molecule has 0 aromatic rings. The highest BCUT2D eigenvalue weighted by atomic mass is 16.3. The molecule has 4 nitrogen and oxygen atoms in total. The average molecular weight is 188 g/mol. The van der Waals surface area contributed by atoms with Crippen LogP contribution in [-0.2, 0) is 4.79 Å². The summed E-state index contributed by atoms with van der Waals surface area (Å²) in [6.07, 6.45) is 2.25. The molecular weight excluding hydrogens is 168 g/mol. The number of amides is 1. The lowest BCUT2D eigenvalue weighted by molar-refractivity contribution is -0.130. The number of nitrogens with two attached hydrogens (primary N) is 1. The Balaban J connectivity index is 3.71. The van der Waals surface area contributed by atoms with Crippen LogP contribution in [0.1, 0.15) is 26.2 Å². The summed E-state index contributed by atoms with van der Waals surface area (Å²) in [5.74, 6) is 0.00926. The van der Waals surface area contributed by atoms with Gasteiger partial charge < -0.3 is 15.7 Å². The van der Waals surface area contributed by atoms with Crippen LogP contribution in [0.2, 0.25) is 0 Å². The molecule has 78 valence electrons. The van der Waals surface area contributed by atoms with Gasteiger partial charge in [0.05, 0.1) is 6.61 Å². The van der Waals surface area contributed by atoms with Crippen molar-refractivity contribution in [2.45, 2.75) is 32.2 Å². The molecule has 0 saturated heterocycles. The van der Waals surface area contributed by atoms with Gasteiger partial charge in [0.25, 0.3) is 0 Å². The van der Waals surface area contributed by atoms with Crippen molar-refractivity contribution in [2.24, 2.45) is 5.73 Å². The summed E-state index contributed by atoms with van der Waals surface area (Å²) in [7, 11) is 1.68. The van der Waals surface area contributed by atoms with Gasteiger partial charge in [0.15, 0.2) is 0 Å². The third-order valence-corrected chi connectivity index (χ3v) is 1.96. The van der Waals surface area contributed by atoms with Crippen molar-refractivity contribution in [1.82, 2.24) is 4.90 Å². The van der Waals surface area contributed by atoms with Crippen molar-refractivity contribution in [1.29, 1.82) is 0 Å². The minimum Gasteiger partial charge on any atom is -0.395 e. The van der Waals surface area contributed by atoms with Gasteiger partial charge in [-0.05, 0) is 6.42 Å². The molecule has 0 rings (SSSR count). The zero-order valence-corrected chi connectivity index (χ0v) is 8.49. The predicted octanol–water partition coefficient (Wildman–Crippen LogP) is -0.0454. The van der Waals surface area contributed by atoms with Crippen molar-refractivity contribution in [3.8, 4) is 0 Å². The summed E-state index contributed by atoms with van der Waals surface area (Å²) >= 11 is 0. The standard InChI is InChI=1S/C9H20N2O2/c1-3-4-8(10)7-9(13)11(2)5-6-12/h8,12H,3-7,10H2,1-2H3. The van der Waals surface area contributed by atoms with Crippen molar-refractivity contribution >= 4 is 5.91 Å². The molecule has 0 aliphatic heterocycles. The molecule has 0 saturated carbocycles. The maximum Gasteiger partial charge on any atom is 0.223 e. The van der Waals surface area contributed by atoms with Gasteiger partial charge in [-0.25, -0.2) is 0 Å². The Kier molecular flexibility index (Phi) is 6.54. The molecule has 0 aromatic carbocycles. The van der Waals surface area contributed by atoms with Crippen LogP contribution in [0.4, 0.5) is 0 Å². The van der Waals surface area contributed by atoms with Gasteiger partial charge in [-0.2, -0.15) is 0 Å². The third-order valence-electron chi connectivity index (χ3n) is 1.96. The molecule has 0 fully saturated rings. The largest absolute Gasteiger partial charge is 0.395 e. The maximum absolute atomic E-state index is 11.4. The lowest BCUT2D eigenvalue weighted by Gasteiger charge is -2.18. The number of likely N-dealkylation sites (N-methyl/N-ethyl adjacent to an activating group) is 1. The minimum absolute atomic E-state index is 0.00521. The van der Waals surface area contributed by atoms with Crippen LogP contribution in [0.3, 0.4) is 0 Å². The lowest BCUT2D eigenvalue weighted by Crippen LogP contribution is -2.34. The summed E-state index contributed by atoms with van der Waals surface area (Å²) in [6.45, 7) is 2.44. The number of aliphatic hydroxyl groups is 1. The highest BCUT2D eigenvalue weighted by Crippen LogP contribution is 2.00. The highest BCUT2D eigenvalue weighted by Gasteiger charge is 2.12. The second-order valence-corrected chi connectivity index (χ2v) is 3.29. The number of nitrogens with zero attached hydrogens (tertiary/aromatic N) is 1. The van der Waals surface area contributed by atoms with E-state index in [1.165, 1.54) is 4.90 Å². The molecule has 3 N–H and O–H groups in total. The second kappa shape index (κ2) is 6.86. The summed E-state index contributed by atoms with van der Waals surface area (Å²) in [5, 5.41) is 8.60. The number of rotatable bonds is 6. The topological polar surface area (TPSA) is 66.6 Å². The Morgan fingerprint density at radius 2 is 2.23 bits per heavy atom. The number of hydrogen-bond acceptors (Lipinski definition) is 3. The van der Waals surface area contributed by atoms with E-state index in [1.807, 2.05) is 6.92 Å². The van der Waals surface area contributed by atoms with E-state index in [0.717, 1.165) is 12.8 Å². The molecule has 1 amide bonds. The van der Waals surface area contributed by atoms with E-state index in [0.29, 0.717) is 13.0 Å². The van der Waals surface area contributed by atoms with Crippen LogP contribution in [0.5, 0.6) is 0 Å². The monoisotopic (exact) mass is 188 g/mol. The second-order valence-electron chi connectivity index (χ2n) is 3.29.